The molecule has 10 heteroatoms. The summed E-state index contributed by atoms with van der Waals surface area (Å²) >= 11 is 0. The molecule has 1 aliphatic rings. The Bertz CT molecular complexity index is 750. The van der Waals surface area contributed by atoms with Crippen LogP contribution in [0.25, 0.3) is 5.78 Å². The van der Waals surface area contributed by atoms with Gasteiger partial charge in [0.25, 0.3) is 11.6 Å². The minimum atomic E-state index is -4.59. The molecule has 0 amide bonds. The first kappa shape index (κ1) is 18.8. The van der Waals surface area contributed by atoms with Crippen LogP contribution in [-0.4, -0.2) is 75.2 Å². The summed E-state index contributed by atoms with van der Waals surface area (Å²) in [5.41, 5.74) is 0.590. The van der Waals surface area contributed by atoms with Crippen molar-refractivity contribution in [3.05, 3.63) is 17.6 Å². The van der Waals surface area contributed by atoms with E-state index in [-0.39, 0.29) is 11.8 Å². The number of hydrogen-bond acceptors (Lipinski definition) is 6. The van der Waals surface area contributed by atoms with Crippen LogP contribution in [0.2, 0.25) is 0 Å². The number of aryl methyl sites for hydroxylation is 1. The van der Waals surface area contributed by atoms with Gasteiger partial charge in [0.15, 0.2) is 0 Å². The van der Waals surface area contributed by atoms with E-state index >= 15 is 0 Å². The molecule has 0 aromatic carbocycles. The number of nitrogens with zero attached hydrogens (tertiary/aromatic N) is 6. The first-order valence-corrected chi connectivity index (χ1v) is 8.71. The minimum absolute atomic E-state index is 0.0499. The molecule has 1 fully saturated rings. The van der Waals surface area contributed by atoms with Crippen molar-refractivity contribution >= 4 is 11.6 Å². The zero-order valence-electron chi connectivity index (χ0n) is 15.2. The van der Waals surface area contributed by atoms with Crippen molar-refractivity contribution in [1.29, 1.82) is 0 Å². The Hall–Kier alpha value is -1.94. The van der Waals surface area contributed by atoms with Crippen molar-refractivity contribution in [2.75, 3.05) is 45.1 Å². The quantitative estimate of drug-likeness (QED) is 0.866. The lowest BCUT2D eigenvalue weighted by atomic mass is 10.2. The van der Waals surface area contributed by atoms with Gasteiger partial charge in [-0.25, -0.2) is 4.98 Å². The average molecular weight is 371 g/mol. The summed E-state index contributed by atoms with van der Waals surface area (Å²) in [6.45, 7) is 8.89. The highest BCUT2D eigenvalue weighted by molar-refractivity contribution is 5.46. The number of aromatic nitrogens is 4. The first-order chi connectivity index (χ1) is 12.2. The number of alkyl halides is 3. The van der Waals surface area contributed by atoms with Gasteiger partial charge in [-0.05, 0) is 27.3 Å². The smallest absolute Gasteiger partial charge is 0.367 e. The number of likely N-dealkylation sites (N-methyl/N-ethyl adjacent to an activating group) is 1. The molecular weight excluding hydrogens is 347 g/mol. The lowest BCUT2D eigenvalue weighted by molar-refractivity contribution is -0.144. The normalized spacial score (nSPS) is 18.4. The molecule has 144 valence electrons. The standard InChI is InChI=1S/C16H24F3N7/c1-11(4-5-25-8-6-24(3)7-9-25)20-13-10-12(2)21-15-22-14(16(17,18)19)23-26(13)15/h10-11,20H,4-9H2,1-3H3. The molecule has 1 atom stereocenters. The van der Waals surface area contributed by atoms with Crippen LogP contribution >= 0.6 is 0 Å². The zero-order valence-corrected chi connectivity index (χ0v) is 15.2. The molecule has 0 saturated carbocycles. The Kier molecular flexibility index (Phi) is 5.33. The lowest BCUT2D eigenvalue weighted by Gasteiger charge is -2.33. The molecule has 2 aromatic rings. The fourth-order valence-electron chi connectivity index (χ4n) is 2.98. The second kappa shape index (κ2) is 7.36. The molecule has 1 N–H and O–H groups in total. The first-order valence-electron chi connectivity index (χ1n) is 8.71. The maximum atomic E-state index is 12.9. The average Bonchev–Trinajstić information content (AvgIpc) is 2.98. The third kappa shape index (κ3) is 4.42. The van der Waals surface area contributed by atoms with E-state index in [4.69, 9.17) is 0 Å². The van der Waals surface area contributed by atoms with Gasteiger partial charge in [0.2, 0.25) is 0 Å². The van der Waals surface area contributed by atoms with Crippen LogP contribution < -0.4 is 5.32 Å². The van der Waals surface area contributed by atoms with Gasteiger partial charge < -0.3 is 15.1 Å². The second-order valence-corrected chi connectivity index (χ2v) is 6.91. The molecule has 1 saturated heterocycles. The highest BCUT2D eigenvalue weighted by Crippen LogP contribution is 2.27. The number of anilines is 1. The van der Waals surface area contributed by atoms with Gasteiger partial charge >= 0.3 is 6.18 Å². The molecule has 26 heavy (non-hydrogen) atoms. The van der Waals surface area contributed by atoms with Gasteiger partial charge in [0.05, 0.1) is 0 Å². The molecule has 1 aliphatic heterocycles. The Morgan fingerprint density at radius 1 is 1.19 bits per heavy atom. The van der Waals surface area contributed by atoms with Gasteiger partial charge in [0, 0.05) is 50.5 Å². The SMILES string of the molecule is Cc1cc(NC(C)CCN2CCN(C)CC2)n2nc(C(F)(F)F)nc2n1. The van der Waals surface area contributed by atoms with E-state index in [2.05, 4.69) is 37.2 Å². The van der Waals surface area contributed by atoms with Gasteiger partial charge in [-0.1, -0.05) is 0 Å². The van der Waals surface area contributed by atoms with Crippen LogP contribution in [-0.2, 0) is 6.18 Å². The summed E-state index contributed by atoms with van der Waals surface area (Å²) in [4.78, 5) is 12.3. The predicted molar refractivity (Wildman–Crippen MR) is 92.2 cm³/mol. The highest BCUT2D eigenvalue weighted by Gasteiger charge is 2.36. The summed E-state index contributed by atoms with van der Waals surface area (Å²) in [7, 11) is 2.12. The van der Waals surface area contributed by atoms with Crippen LogP contribution in [0.4, 0.5) is 19.0 Å². The van der Waals surface area contributed by atoms with E-state index in [1.54, 1.807) is 13.0 Å². The highest BCUT2D eigenvalue weighted by atomic mass is 19.4. The second-order valence-electron chi connectivity index (χ2n) is 6.91. The Morgan fingerprint density at radius 2 is 1.88 bits per heavy atom. The number of hydrogen-bond donors (Lipinski definition) is 1. The third-order valence-corrected chi connectivity index (χ3v) is 4.56. The predicted octanol–water partition coefficient (Wildman–Crippen LogP) is 1.89. The fourth-order valence-corrected chi connectivity index (χ4v) is 2.98. The number of fused-ring (bicyclic) bond motifs is 1. The largest absolute Gasteiger partial charge is 0.453 e. The third-order valence-electron chi connectivity index (χ3n) is 4.56. The topological polar surface area (TPSA) is 61.6 Å². The molecule has 1 unspecified atom stereocenters. The Balaban J connectivity index is 1.68. The molecule has 3 rings (SSSR count). The number of rotatable bonds is 5. The van der Waals surface area contributed by atoms with E-state index in [0.717, 1.165) is 43.7 Å². The lowest BCUT2D eigenvalue weighted by Crippen LogP contribution is -2.45. The fraction of sp³-hybridized carbons (Fsp3) is 0.688. The Labute approximate surface area is 150 Å². The Morgan fingerprint density at radius 3 is 2.54 bits per heavy atom. The molecule has 3 heterocycles. The van der Waals surface area contributed by atoms with E-state index in [1.165, 1.54) is 0 Å². The van der Waals surface area contributed by atoms with Crippen LogP contribution in [0.3, 0.4) is 0 Å². The maximum Gasteiger partial charge on any atom is 0.453 e. The summed E-state index contributed by atoms with van der Waals surface area (Å²) < 4.78 is 39.8. The van der Waals surface area contributed by atoms with Crippen LogP contribution in [0.5, 0.6) is 0 Å². The van der Waals surface area contributed by atoms with Gasteiger partial charge in [-0.2, -0.15) is 22.7 Å². The molecule has 0 aliphatic carbocycles. The monoisotopic (exact) mass is 371 g/mol. The van der Waals surface area contributed by atoms with E-state index in [9.17, 15) is 13.2 Å². The number of halogens is 3. The summed E-state index contributed by atoms with van der Waals surface area (Å²) in [6, 6.07) is 1.77. The number of piperazine rings is 1. The van der Waals surface area contributed by atoms with Crippen LogP contribution in [0, 0.1) is 6.92 Å². The van der Waals surface area contributed by atoms with E-state index < -0.39 is 12.0 Å². The van der Waals surface area contributed by atoms with Crippen molar-refractivity contribution < 1.29 is 13.2 Å². The molecular formula is C16H24F3N7. The minimum Gasteiger partial charge on any atom is -0.367 e. The maximum absolute atomic E-state index is 12.9. The van der Waals surface area contributed by atoms with Crippen molar-refractivity contribution in [2.45, 2.75) is 32.5 Å². The van der Waals surface area contributed by atoms with Crippen LogP contribution in [0.1, 0.15) is 24.9 Å². The zero-order chi connectivity index (χ0) is 18.9. The van der Waals surface area contributed by atoms with Crippen LogP contribution in [0.15, 0.2) is 6.07 Å². The molecule has 0 spiro atoms. The summed E-state index contributed by atoms with van der Waals surface area (Å²) in [6.07, 6.45) is -3.71. The van der Waals surface area contributed by atoms with Crippen molar-refractivity contribution in [3.63, 3.8) is 0 Å². The molecule has 0 radical (unpaired) electrons. The molecule has 2 aromatic heterocycles. The summed E-state index contributed by atoms with van der Waals surface area (Å²) in [5, 5.41) is 6.83. The van der Waals surface area contributed by atoms with Gasteiger partial charge in [-0.3, -0.25) is 0 Å². The van der Waals surface area contributed by atoms with Gasteiger partial charge in [0.1, 0.15) is 5.82 Å². The van der Waals surface area contributed by atoms with Crippen molar-refractivity contribution in [1.82, 2.24) is 29.4 Å². The molecule has 7 nitrogen and oxygen atoms in total. The van der Waals surface area contributed by atoms with E-state index in [0.29, 0.717) is 11.5 Å². The van der Waals surface area contributed by atoms with Gasteiger partial charge in [-0.15, -0.1) is 5.10 Å². The summed E-state index contributed by atoms with van der Waals surface area (Å²) in [5.74, 6) is -0.754. The van der Waals surface area contributed by atoms with E-state index in [1.807, 2.05) is 6.92 Å². The van der Waals surface area contributed by atoms with Crippen molar-refractivity contribution in [2.24, 2.45) is 0 Å². The number of nitrogens with one attached hydrogen (secondary N) is 1. The van der Waals surface area contributed by atoms with Crippen molar-refractivity contribution in [3.8, 4) is 0 Å². The molecule has 0 bridgehead atoms.